The van der Waals surface area contributed by atoms with Gasteiger partial charge in [0.25, 0.3) is 5.56 Å². The van der Waals surface area contributed by atoms with Crippen molar-refractivity contribution in [3.05, 3.63) is 128 Å². The summed E-state index contributed by atoms with van der Waals surface area (Å²) < 4.78 is 46.0. The Kier molecular flexibility index (Phi) is 11.5. The lowest BCUT2D eigenvalue weighted by Gasteiger charge is -2.33. The summed E-state index contributed by atoms with van der Waals surface area (Å²) in [6.45, 7) is 5.17. The number of nitriles is 1. The molecule has 314 valence electrons. The van der Waals surface area contributed by atoms with Gasteiger partial charge in [-0.3, -0.25) is 9.48 Å². The highest BCUT2D eigenvalue weighted by atomic mass is 35.5. The first-order chi connectivity index (χ1) is 29.8. The van der Waals surface area contributed by atoms with Gasteiger partial charge in [-0.2, -0.15) is 15.5 Å². The molecule has 4 aromatic carbocycles. The van der Waals surface area contributed by atoms with Gasteiger partial charge < -0.3 is 33.9 Å². The van der Waals surface area contributed by atoms with E-state index in [1.165, 1.54) is 18.5 Å². The van der Waals surface area contributed by atoms with Crippen molar-refractivity contribution in [2.24, 2.45) is 7.05 Å². The van der Waals surface area contributed by atoms with E-state index in [1.54, 1.807) is 17.8 Å². The molecule has 0 saturated carbocycles. The fraction of sp³-hybridized carbons (Fsp3) is 0.356. The Morgan fingerprint density at radius 3 is 2.61 bits per heavy atom. The molecule has 2 unspecified atom stereocenters. The molecule has 9 rings (SSSR count). The minimum Gasteiger partial charge on any atom is -0.494 e. The zero-order valence-electron chi connectivity index (χ0n) is 33.7. The Labute approximate surface area is 356 Å². The Balaban J connectivity index is 0.735. The second-order valence-electron chi connectivity index (χ2n) is 15.4. The molecule has 0 amide bonds. The van der Waals surface area contributed by atoms with Crippen molar-refractivity contribution in [3.8, 4) is 23.3 Å². The van der Waals surface area contributed by atoms with Crippen molar-refractivity contribution >= 4 is 33.7 Å². The second-order valence-corrected chi connectivity index (χ2v) is 15.8. The fourth-order valence-electron chi connectivity index (χ4n) is 8.64. The zero-order valence-corrected chi connectivity index (χ0v) is 34.5. The van der Waals surface area contributed by atoms with Gasteiger partial charge in [-0.05, 0) is 97.8 Å². The lowest BCUT2D eigenvalue weighted by atomic mass is 9.83. The van der Waals surface area contributed by atoms with Crippen molar-refractivity contribution in [1.29, 1.82) is 5.26 Å². The van der Waals surface area contributed by atoms with Crippen LogP contribution in [0.25, 0.3) is 10.8 Å². The van der Waals surface area contributed by atoms with Gasteiger partial charge >= 0.3 is 0 Å². The third-order valence-corrected chi connectivity index (χ3v) is 12.1. The van der Waals surface area contributed by atoms with E-state index in [1.807, 2.05) is 49.4 Å². The van der Waals surface area contributed by atoms with Crippen molar-refractivity contribution in [3.63, 3.8) is 0 Å². The summed E-state index contributed by atoms with van der Waals surface area (Å²) in [6, 6.07) is 22.0. The molecule has 5 heterocycles. The molecule has 3 aliphatic rings. The molecule has 0 spiro atoms. The summed E-state index contributed by atoms with van der Waals surface area (Å²) >= 11 is 6.60. The van der Waals surface area contributed by atoms with Crippen molar-refractivity contribution in [2.75, 3.05) is 50.0 Å². The largest absolute Gasteiger partial charge is 0.494 e. The highest BCUT2D eigenvalue weighted by Gasteiger charge is 2.38. The van der Waals surface area contributed by atoms with E-state index < -0.39 is 17.3 Å². The maximum absolute atomic E-state index is 14.6. The number of hydrogen-bond acceptors (Lipinski definition) is 12. The average molecular weight is 847 g/mol. The molecule has 61 heavy (non-hydrogen) atoms. The number of ether oxygens (including phenoxy) is 5. The number of rotatable bonds is 15. The standard InChI is InChI=1S/C45H44ClFN8O6/c1-26-35(12-8-29(22-48)41(26)46)55-23-32(21-36(55)28-9-13-37-38(18-28)61-25-60-37)59-17-5-15-57-14-3-4-16-58-31-10-6-27(7-11-31)42-40(44-49-24-50-54(44)2)43-39-33(45(56)53-52-43)19-30(47)20-34(39)51-42/h6-13,18-20,24,32,36,40,42,51H,3-5,14-17,21,23,25H2,1-2H3,(H,53,56)/t32?,36?,40-,42-/m1/s1. The molecule has 2 aromatic heterocycles. The zero-order chi connectivity index (χ0) is 42.0. The first kappa shape index (κ1) is 40.2. The van der Waals surface area contributed by atoms with Crippen LogP contribution in [0.4, 0.5) is 15.8 Å². The lowest BCUT2D eigenvalue weighted by molar-refractivity contribution is 0.0417. The fourth-order valence-corrected chi connectivity index (χ4v) is 8.85. The first-order valence-electron chi connectivity index (χ1n) is 20.4. The van der Waals surface area contributed by atoms with Crippen LogP contribution in [0.2, 0.25) is 5.02 Å². The van der Waals surface area contributed by atoms with Crippen LogP contribution in [-0.4, -0.2) is 70.8 Å². The van der Waals surface area contributed by atoms with E-state index in [2.05, 4.69) is 42.6 Å². The molecular formula is C45H44ClFN8O6. The number of aromatic amines is 1. The summed E-state index contributed by atoms with van der Waals surface area (Å²) in [5.74, 6) is 1.93. The van der Waals surface area contributed by atoms with Crippen LogP contribution in [0, 0.1) is 24.1 Å². The van der Waals surface area contributed by atoms with Gasteiger partial charge in [0.15, 0.2) is 11.5 Å². The number of unbranched alkanes of at least 4 members (excludes halogenated alkanes) is 1. The van der Waals surface area contributed by atoms with Crippen LogP contribution in [0.1, 0.15) is 77.5 Å². The monoisotopic (exact) mass is 846 g/mol. The topological polar surface area (TPSA) is 162 Å². The molecule has 1 saturated heterocycles. The number of aryl methyl sites for hydroxylation is 1. The number of aromatic nitrogens is 5. The molecule has 0 aliphatic carbocycles. The molecule has 1 fully saturated rings. The van der Waals surface area contributed by atoms with Crippen LogP contribution in [0.15, 0.2) is 77.9 Å². The van der Waals surface area contributed by atoms with Gasteiger partial charge in [0, 0.05) is 50.2 Å². The number of halogens is 2. The number of H-pyrrole nitrogens is 1. The quantitative estimate of drug-likeness (QED) is 0.0973. The predicted molar refractivity (Wildman–Crippen MR) is 226 cm³/mol. The second kappa shape index (κ2) is 17.4. The highest BCUT2D eigenvalue weighted by Crippen LogP contribution is 2.47. The Morgan fingerprint density at radius 1 is 0.984 bits per heavy atom. The lowest BCUT2D eigenvalue weighted by Crippen LogP contribution is -2.30. The number of anilines is 2. The number of benzene rings is 4. The number of hydrogen-bond donors (Lipinski definition) is 2. The summed E-state index contributed by atoms with van der Waals surface area (Å²) in [7, 11) is 1.81. The Bertz CT molecular complexity index is 2670. The third kappa shape index (κ3) is 8.06. The molecule has 4 atom stereocenters. The highest BCUT2D eigenvalue weighted by molar-refractivity contribution is 6.32. The van der Waals surface area contributed by atoms with Gasteiger partial charge in [-0.1, -0.05) is 29.8 Å². The summed E-state index contributed by atoms with van der Waals surface area (Å²) in [6.07, 6.45) is 4.70. The van der Waals surface area contributed by atoms with Crippen LogP contribution in [0.5, 0.6) is 17.2 Å². The van der Waals surface area contributed by atoms with E-state index in [0.717, 1.165) is 65.3 Å². The number of nitrogens with zero attached hydrogens (tertiary/aromatic N) is 6. The van der Waals surface area contributed by atoms with Crippen LogP contribution >= 0.6 is 11.6 Å². The minimum absolute atomic E-state index is 0.00569. The van der Waals surface area contributed by atoms with Crippen molar-refractivity contribution < 1.29 is 28.1 Å². The molecule has 0 bridgehead atoms. The third-order valence-electron chi connectivity index (χ3n) is 11.7. The van der Waals surface area contributed by atoms with Crippen molar-refractivity contribution in [1.82, 2.24) is 25.0 Å². The van der Waals surface area contributed by atoms with E-state index in [9.17, 15) is 14.4 Å². The van der Waals surface area contributed by atoms with Crippen LogP contribution in [-0.2, 0) is 16.5 Å². The van der Waals surface area contributed by atoms with Gasteiger partial charge in [-0.25, -0.2) is 14.5 Å². The van der Waals surface area contributed by atoms with Crippen LogP contribution in [0.3, 0.4) is 0 Å². The number of fused-ring (bicyclic) bond motifs is 1. The van der Waals surface area contributed by atoms with Gasteiger partial charge in [0.05, 0.1) is 52.4 Å². The normalized spacial score (nSPS) is 19.0. The molecule has 16 heteroatoms. The first-order valence-corrected chi connectivity index (χ1v) is 20.7. The molecule has 2 N–H and O–H groups in total. The van der Waals surface area contributed by atoms with E-state index in [0.29, 0.717) is 66.2 Å². The summed E-state index contributed by atoms with van der Waals surface area (Å²) in [5.41, 5.74) is 4.95. The average Bonchev–Trinajstić information content (AvgIpc) is 4.03. The number of nitrogens with one attached hydrogen (secondary N) is 2. The molecule has 0 radical (unpaired) electrons. The smallest absolute Gasteiger partial charge is 0.272 e. The van der Waals surface area contributed by atoms with Gasteiger partial charge in [0.1, 0.15) is 29.8 Å². The van der Waals surface area contributed by atoms with Gasteiger partial charge in [0.2, 0.25) is 6.79 Å². The van der Waals surface area contributed by atoms with E-state index >= 15 is 0 Å². The molecule has 6 aromatic rings. The maximum atomic E-state index is 14.6. The Morgan fingerprint density at radius 2 is 1.79 bits per heavy atom. The van der Waals surface area contributed by atoms with Crippen molar-refractivity contribution in [2.45, 2.75) is 56.7 Å². The summed E-state index contributed by atoms with van der Waals surface area (Å²) in [4.78, 5) is 19.4. The molecule has 14 nitrogen and oxygen atoms in total. The minimum atomic E-state index is -0.514. The van der Waals surface area contributed by atoms with Gasteiger partial charge in [-0.15, -0.1) is 0 Å². The van der Waals surface area contributed by atoms with E-state index in [4.69, 9.17) is 35.3 Å². The molecular weight excluding hydrogens is 803 g/mol. The Hall–Kier alpha value is -6.21. The summed E-state index contributed by atoms with van der Waals surface area (Å²) in [5, 5.41) is 25.5. The predicted octanol–water partition coefficient (Wildman–Crippen LogP) is 7.65. The maximum Gasteiger partial charge on any atom is 0.272 e. The van der Waals surface area contributed by atoms with E-state index in [-0.39, 0.29) is 30.4 Å². The SMILES string of the molecule is Cc1c(N2CC(OCCCOCCCCOc3ccc([C@H]4Nc5cc(F)cc6c(=O)[nH]nc(c56)[C@@H]4c4ncnn4C)cc3)CC2c2ccc3c(c2)OCO3)ccc(C#N)c1Cl. The molecule has 3 aliphatic heterocycles. The van der Waals surface area contributed by atoms with Crippen LogP contribution < -0.4 is 30.0 Å².